The molecule has 3 aliphatic heterocycles. The Morgan fingerprint density at radius 2 is 1.89 bits per heavy atom. The number of rotatable bonds is 5. The predicted octanol–water partition coefficient (Wildman–Crippen LogP) is 1.80. The highest BCUT2D eigenvalue weighted by molar-refractivity contribution is 6.10. The molecule has 0 spiro atoms. The van der Waals surface area contributed by atoms with E-state index < -0.39 is 17.5 Å². The van der Waals surface area contributed by atoms with Crippen molar-refractivity contribution in [1.82, 2.24) is 20.4 Å². The first-order valence-electron chi connectivity index (χ1n) is 12.5. The van der Waals surface area contributed by atoms with E-state index in [0.29, 0.717) is 29.1 Å². The van der Waals surface area contributed by atoms with Crippen LogP contribution in [0, 0.1) is 17.8 Å². The Morgan fingerprint density at radius 3 is 2.53 bits per heavy atom. The summed E-state index contributed by atoms with van der Waals surface area (Å²) in [4.78, 5) is 41.8. The quantitative estimate of drug-likeness (QED) is 0.184. The fraction of sp³-hybridized carbons (Fsp3) is 0.357. The van der Waals surface area contributed by atoms with Crippen molar-refractivity contribution in [3.05, 3.63) is 64.7 Å². The molecule has 0 aliphatic carbocycles. The van der Waals surface area contributed by atoms with Gasteiger partial charge in [-0.2, -0.15) is 0 Å². The van der Waals surface area contributed by atoms with Gasteiger partial charge < -0.3 is 25.1 Å². The number of benzene rings is 2. The highest BCUT2D eigenvalue weighted by Crippen LogP contribution is 2.28. The van der Waals surface area contributed by atoms with E-state index in [2.05, 4.69) is 39.6 Å². The van der Waals surface area contributed by atoms with Gasteiger partial charge in [-0.05, 0) is 68.4 Å². The van der Waals surface area contributed by atoms with E-state index >= 15 is 0 Å². The number of methoxy groups -OCH3 is 1. The van der Waals surface area contributed by atoms with Gasteiger partial charge in [0.15, 0.2) is 0 Å². The first-order valence-corrected chi connectivity index (χ1v) is 12.5. The number of carbonyl (C=O) groups excluding carboxylic acids is 3. The van der Waals surface area contributed by atoms with Crippen molar-refractivity contribution >= 4 is 23.6 Å². The highest BCUT2D eigenvalue weighted by atomic mass is 16.5. The minimum absolute atomic E-state index is 0.108. The summed E-state index contributed by atoms with van der Waals surface area (Å²) in [5.74, 6) is 5.78. The maximum absolute atomic E-state index is 13.1. The van der Waals surface area contributed by atoms with E-state index in [0.717, 1.165) is 37.1 Å². The molecule has 196 valence electrons. The molecule has 2 fully saturated rings. The number of likely N-dealkylation sites (tertiary alicyclic amines) is 1. The Labute approximate surface area is 220 Å². The third-order valence-corrected chi connectivity index (χ3v) is 7.38. The number of piperidine rings is 1. The van der Waals surface area contributed by atoms with Gasteiger partial charge in [0.1, 0.15) is 5.75 Å². The second-order valence-electron chi connectivity index (χ2n) is 9.89. The lowest BCUT2D eigenvalue weighted by atomic mass is 9.88. The van der Waals surface area contributed by atoms with Crippen molar-refractivity contribution < 1.29 is 24.3 Å². The number of urea groups is 1. The molecule has 3 N–H and O–H groups in total. The van der Waals surface area contributed by atoms with Gasteiger partial charge in [0, 0.05) is 23.6 Å². The molecule has 0 bridgehead atoms. The number of amides is 4. The molecule has 10 heteroatoms. The SMILES string of the molecule is COc1ccc2c(c1)C(=O)N(C[C@@]1(C#Cc3ccc(C(=NO)C4CCN(C)CC4)cc3)NC(=O)NC1=O)C2. The van der Waals surface area contributed by atoms with E-state index in [1.54, 1.807) is 24.3 Å². The fourth-order valence-electron chi connectivity index (χ4n) is 5.17. The van der Waals surface area contributed by atoms with Crippen LogP contribution in [0.2, 0.25) is 0 Å². The van der Waals surface area contributed by atoms with E-state index in [4.69, 9.17) is 4.74 Å². The Morgan fingerprint density at radius 1 is 1.16 bits per heavy atom. The zero-order chi connectivity index (χ0) is 26.9. The summed E-state index contributed by atoms with van der Waals surface area (Å²) in [5.41, 5.74) is 1.79. The summed E-state index contributed by atoms with van der Waals surface area (Å²) in [5, 5.41) is 18.1. The number of ether oxygens (including phenoxy) is 1. The molecule has 1 atom stereocenters. The van der Waals surface area contributed by atoms with Gasteiger partial charge in [-0.3, -0.25) is 14.9 Å². The normalized spacial score (nSPS) is 22.0. The van der Waals surface area contributed by atoms with E-state index in [1.165, 1.54) is 12.0 Å². The molecule has 2 aromatic carbocycles. The predicted molar refractivity (Wildman–Crippen MR) is 139 cm³/mol. The fourth-order valence-corrected chi connectivity index (χ4v) is 5.17. The molecule has 0 radical (unpaired) electrons. The Bertz CT molecular complexity index is 1370. The van der Waals surface area contributed by atoms with Crippen LogP contribution in [0.5, 0.6) is 5.75 Å². The van der Waals surface area contributed by atoms with Crippen molar-refractivity contribution in [1.29, 1.82) is 0 Å². The van der Waals surface area contributed by atoms with Crippen LogP contribution in [0.25, 0.3) is 0 Å². The van der Waals surface area contributed by atoms with Crippen molar-refractivity contribution in [3.8, 4) is 17.6 Å². The molecule has 3 heterocycles. The number of nitrogens with one attached hydrogen (secondary N) is 2. The molecule has 5 rings (SSSR count). The summed E-state index contributed by atoms with van der Waals surface area (Å²) in [7, 11) is 3.61. The molecule has 0 aromatic heterocycles. The van der Waals surface area contributed by atoms with Gasteiger partial charge in [-0.1, -0.05) is 35.2 Å². The van der Waals surface area contributed by atoms with Crippen LogP contribution in [-0.2, 0) is 11.3 Å². The van der Waals surface area contributed by atoms with Crippen LogP contribution >= 0.6 is 0 Å². The lowest BCUT2D eigenvalue weighted by Gasteiger charge is -2.29. The zero-order valence-corrected chi connectivity index (χ0v) is 21.3. The molecular formula is C28H29N5O5. The summed E-state index contributed by atoms with van der Waals surface area (Å²) < 4.78 is 5.23. The first kappa shape index (κ1) is 25.3. The third kappa shape index (κ3) is 4.80. The molecule has 4 amide bonds. The number of hydrogen-bond acceptors (Lipinski definition) is 7. The number of carbonyl (C=O) groups is 3. The van der Waals surface area contributed by atoms with Crippen molar-refractivity contribution in [2.75, 3.05) is 33.8 Å². The van der Waals surface area contributed by atoms with Gasteiger partial charge >= 0.3 is 6.03 Å². The van der Waals surface area contributed by atoms with Crippen molar-refractivity contribution in [2.24, 2.45) is 11.1 Å². The molecule has 0 saturated carbocycles. The Kier molecular flexibility index (Phi) is 6.78. The van der Waals surface area contributed by atoms with Crippen molar-refractivity contribution in [2.45, 2.75) is 24.9 Å². The summed E-state index contributed by atoms with van der Waals surface area (Å²) in [6, 6.07) is 11.8. The number of nitrogens with zero attached hydrogens (tertiary/aromatic N) is 3. The minimum atomic E-state index is -1.59. The Hall–Kier alpha value is -4.36. The molecule has 2 saturated heterocycles. The second kappa shape index (κ2) is 10.2. The lowest BCUT2D eigenvalue weighted by Crippen LogP contribution is -2.54. The largest absolute Gasteiger partial charge is 0.497 e. The number of imide groups is 1. The summed E-state index contributed by atoms with van der Waals surface area (Å²) in [6.45, 7) is 2.07. The molecular weight excluding hydrogens is 486 g/mol. The third-order valence-electron chi connectivity index (χ3n) is 7.38. The minimum Gasteiger partial charge on any atom is -0.497 e. The van der Waals surface area contributed by atoms with Crippen LogP contribution in [0.1, 0.15) is 39.9 Å². The zero-order valence-electron chi connectivity index (χ0n) is 21.3. The van der Waals surface area contributed by atoms with Gasteiger partial charge in [0.2, 0.25) is 5.54 Å². The number of hydrogen-bond donors (Lipinski definition) is 3. The molecule has 38 heavy (non-hydrogen) atoms. The van der Waals surface area contributed by atoms with Crippen LogP contribution in [0.15, 0.2) is 47.6 Å². The van der Waals surface area contributed by atoms with Crippen LogP contribution in [0.3, 0.4) is 0 Å². The average Bonchev–Trinajstić information content (AvgIpc) is 3.38. The van der Waals surface area contributed by atoms with Crippen LogP contribution in [0.4, 0.5) is 4.79 Å². The smallest absolute Gasteiger partial charge is 0.323 e. The number of oxime groups is 1. The molecule has 3 aliphatic rings. The van der Waals surface area contributed by atoms with E-state index in [1.807, 2.05) is 18.2 Å². The second-order valence-corrected chi connectivity index (χ2v) is 9.89. The monoisotopic (exact) mass is 515 g/mol. The van der Waals surface area contributed by atoms with Gasteiger partial charge in [0.05, 0.1) is 19.4 Å². The standard InChI is InChI=1S/C28H29N5O5/c1-32-13-10-20(11-14-32)24(31-37)19-5-3-18(4-6-19)9-12-28(26(35)29-27(36)30-28)17-33-16-21-7-8-22(38-2)15-23(21)25(33)34/h3-8,15,20,37H,10-11,13-14,16-17H2,1-2H3,(H2,29,30,35,36)/t28-/m1/s1. The summed E-state index contributed by atoms with van der Waals surface area (Å²) >= 11 is 0. The first-order chi connectivity index (χ1) is 18.3. The average molecular weight is 516 g/mol. The topological polar surface area (TPSA) is 124 Å². The Balaban J connectivity index is 1.36. The van der Waals surface area contributed by atoms with Gasteiger partial charge in [-0.25, -0.2) is 4.79 Å². The lowest BCUT2D eigenvalue weighted by molar-refractivity contribution is -0.122. The molecule has 0 unspecified atom stereocenters. The van der Waals surface area contributed by atoms with Crippen LogP contribution in [-0.4, -0.2) is 77.9 Å². The maximum atomic E-state index is 13.1. The highest BCUT2D eigenvalue weighted by Gasteiger charge is 2.48. The van der Waals surface area contributed by atoms with Crippen molar-refractivity contribution in [3.63, 3.8) is 0 Å². The summed E-state index contributed by atoms with van der Waals surface area (Å²) in [6.07, 6.45) is 1.83. The molecule has 2 aromatic rings. The molecule has 10 nitrogen and oxygen atoms in total. The van der Waals surface area contributed by atoms with Crippen LogP contribution < -0.4 is 15.4 Å². The van der Waals surface area contributed by atoms with Gasteiger partial charge in [-0.15, -0.1) is 0 Å². The van der Waals surface area contributed by atoms with Gasteiger partial charge in [0.25, 0.3) is 11.8 Å². The number of fused-ring (bicyclic) bond motifs is 1. The van der Waals surface area contributed by atoms with E-state index in [9.17, 15) is 19.6 Å². The van der Waals surface area contributed by atoms with E-state index in [-0.39, 0.29) is 18.4 Å². The maximum Gasteiger partial charge on any atom is 0.323 e.